The van der Waals surface area contributed by atoms with Crippen LogP contribution < -0.4 is 5.32 Å². The number of nitrogens with one attached hydrogen (secondary N) is 1. The zero-order valence-electron chi connectivity index (χ0n) is 16.3. The molecule has 0 saturated carbocycles. The summed E-state index contributed by atoms with van der Waals surface area (Å²) >= 11 is 0. The molecule has 8 heteroatoms. The van der Waals surface area contributed by atoms with Gasteiger partial charge in [-0.25, -0.2) is 9.37 Å². The Balaban J connectivity index is 1.68. The highest BCUT2D eigenvalue weighted by atomic mass is 19.1. The van der Waals surface area contributed by atoms with Gasteiger partial charge in [-0.2, -0.15) is 0 Å². The van der Waals surface area contributed by atoms with Crippen LogP contribution in [0.2, 0.25) is 0 Å². The molecule has 3 rings (SSSR count). The van der Waals surface area contributed by atoms with Crippen LogP contribution in [0.25, 0.3) is 0 Å². The third-order valence-electron chi connectivity index (χ3n) is 5.10. The highest BCUT2D eigenvalue weighted by Crippen LogP contribution is 2.16. The molecule has 2 amide bonds. The zero-order valence-corrected chi connectivity index (χ0v) is 16.3. The molecule has 1 aromatic heterocycles. The van der Waals surface area contributed by atoms with E-state index in [1.807, 2.05) is 29.6 Å². The van der Waals surface area contributed by atoms with Crippen molar-refractivity contribution in [3.05, 3.63) is 53.9 Å². The molecule has 0 radical (unpaired) electrons. The lowest BCUT2D eigenvalue weighted by molar-refractivity contribution is -0.139. The molecule has 0 bridgehead atoms. The first-order chi connectivity index (χ1) is 13.5. The Morgan fingerprint density at radius 3 is 2.75 bits per heavy atom. The van der Waals surface area contributed by atoms with E-state index >= 15 is 0 Å². The largest absolute Gasteiger partial charge is 0.353 e. The molecule has 150 valence electrons. The zero-order chi connectivity index (χ0) is 20.1. The number of aryl methyl sites for hydroxylation is 1. The number of rotatable bonds is 7. The van der Waals surface area contributed by atoms with Crippen LogP contribution in [-0.2, 0) is 29.7 Å². The van der Waals surface area contributed by atoms with Gasteiger partial charge in [0.1, 0.15) is 11.6 Å². The van der Waals surface area contributed by atoms with E-state index in [0.717, 1.165) is 11.4 Å². The van der Waals surface area contributed by atoms with Crippen LogP contribution in [0, 0.1) is 5.82 Å². The number of carbonyl (C=O) groups excluding carboxylic acids is 2. The third kappa shape index (κ3) is 4.75. The van der Waals surface area contributed by atoms with Crippen molar-refractivity contribution in [2.45, 2.75) is 32.5 Å². The van der Waals surface area contributed by atoms with Gasteiger partial charge in [0, 0.05) is 45.6 Å². The average Bonchev–Trinajstić information content (AvgIpc) is 3.08. The number of hydrogen-bond donors (Lipinski definition) is 1. The number of hydrogen-bond acceptors (Lipinski definition) is 4. The maximum atomic E-state index is 13.2. The summed E-state index contributed by atoms with van der Waals surface area (Å²) in [7, 11) is 1.89. The standard InChI is InChI=1S/C20H26FN5O2/c1-3-25(14-18-22-8-10-24(18)2)19(27)12-17-20(28)23-9-11-26(17)13-15-4-6-16(21)7-5-15/h4-8,10,17H,3,9,11-14H2,1-2H3,(H,23,28)/t17-/m1/s1. The summed E-state index contributed by atoms with van der Waals surface area (Å²) in [5.74, 6) is 0.276. The molecule has 28 heavy (non-hydrogen) atoms. The van der Waals surface area contributed by atoms with E-state index in [0.29, 0.717) is 32.7 Å². The molecule has 0 spiro atoms. The fourth-order valence-electron chi connectivity index (χ4n) is 3.39. The third-order valence-corrected chi connectivity index (χ3v) is 5.10. The summed E-state index contributed by atoms with van der Waals surface area (Å²) in [6.45, 7) is 4.54. The number of amides is 2. The maximum absolute atomic E-state index is 13.2. The summed E-state index contributed by atoms with van der Waals surface area (Å²) < 4.78 is 15.0. The Kier molecular flexibility index (Phi) is 6.41. The van der Waals surface area contributed by atoms with Gasteiger partial charge in [0.15, 0.2) is 0 Å². The van der Waals surface area contributed by atoms with Crippen molar-refractivity contribution in [2.75, 3.05) is 19.6 Å². The van der Waals surface area contributed by atoms with Crippen LogP contribution in [0.3, 0.4) is 0 Å². The lowest BCUT2D eigenvalue weighted by atomic mass is 10.1. The fourth-order valence-corrected chi connectivity index (χ4v) is 3.39. The van der Waals surface area contributed by atoms with Gasteiger partial charge in [0.05, 0.1) is 19.0 Å². The van der Waals surface area contributed by atoms with Gasteiger partial charge in [-0.15, -0.1) is 0 Å². The molecule has 2 heterocycles. The minimum atomic E-state index is -0.540. The van der Waals surface area contributed by atoms with E-state index in [2.05, 4.69) is 10.3 Å². The van der Waals surface area contributed by atoms with Crippen molar-refractivity contribution >= 4 is 11.8 Å². The number of imidazole rings is 1. The number of nitrogens with zero attached hydrogens (tertiary/aromatic N) is 4. The highest BCUT2D eigenvalue weighted by molar-refractivity contribution is 5.88. The van der Waals surface area contributed by atoms with Gasteiger partial charge in [0.25, 0.3) is 0 Å². The van der Waals surface area contributed by atoms with Crippen LogP contribution in [0.5, 0.6) is 0 Å². The Bertz CT molecular complexity index is 820. The normalized spacial score (nSPS) is 17.4. The molecule has 1 atom stereocenters. The Hall–Kier alpha value is -2.74. The van der Waals surface area contributed by atoms with Gasteiger partial charge >= 0.3 is 0 Å². The molecular formula is C20H26FN5O2. The molecule has 0 unspecified atom stereocenters. The van der Waals surface area contributed by atoms with E-state index in [9.17, 15) is 14.0 Å². The van der Waals surface area contributed by atoms with Gasteiger partial charge in [-0.1, -0.05) is 12.1 Å². The second kappa shape index (κ2) is 8.97. The van der Waals surface area contributed by atoms with E-state index in [-0.39, 0.29) is 24.1 Å². The topological polar surface area (TPSA) is 70.5 Å². The van der Waals surface area contributed by atoms with Crippen LogP contribution in [0.4, 0.5) is 4.39 Å². The van der Waals surface area contributed by atoms with E-state index in [1.165, 1.54) is 12.1 Å². The number of aromatic nitrogens is 2. The quantitative estimate of drug-likeness (QED) is 0.778. The lowest BCUT2D eigenvalue weighted by Gasteiger charge is -2.35. The summed E-state index contributed by atoms with van der Waals surface area (Å²) in [4.78, 5) is 33.3. The number of piperazine rings is 1. The van der Waals surface area contributed by atoms with Gasteiger partial charge in [-0.05, 0) is 24.6 Å². The smallest absolute Gasteiger partial charge is 0.237 e. The van der Waals surface area contributed by atoms with Gasteiger partial charge < -0.3 is 14.8 Å². The minimum absolute atomic E-state index is 0.0864. The second-order valence-electron chi connectivity index (χ2n) is 6.97. The summed E-state index contributed by atoms with van der Waals surface area (Å²) in [5.41, 5.74) is 0.911. The first-order valence-corrected chi connectivity index (χ1v) is 9.48. The second-order valence-corrected chi connectivity index (χ2v) is 6.97. The van der Waals surface area contributed by atoms with E-state index < -0.39 is 6.04 Å². The van der Waals surface area contributed by atoms with Crippen molar-refractivity contribution in [1.29, 1.82) is 0 Å². The predicted octanol–water partition coefficient (Wildman–Crippen LogP) is 1.30. The minimum Gasteiger partial charge on any atom is -0.353 e. The van der Waals surface area contributed by atoms with Crippen molar-refractivity contribution < 1.29 is 14.0 Å². The SMILES string of the molecule is CCN(Cc1nccn1C)C(=O)C[C@@H]1C(=O)NCCN1Cc1ccc(F)cc1. The molecule has 1 N–H and O–H groups in total. The lowest BCUT2D eigenvalue weighted by Crippen LogP contribution is -2.56. The molecule has 1 saturated heterocycles. The fraction of sp³-hybridized carbons (Fsp3) is 0.450. The van der Waals surface area contributed by atoms with Gasteiger partial charge in [-0.3, -0.25) is 14.5 Å². The van der Waals surface area contributed by atoms with Crippen molar-refractivity contribution in [1.82, 2.24) is 24.7 Å². The average molecular weight is 387 g/mol. The molecule has 1 aliphatic heterocycles. The number of carbonyl (C=O) groups is 2. The predicted molar refractivity (Wildman–Crippen MR) is 103 cm³/mol. The Morgan fingerprint density at radius 1 is 1.36 bits per heavy atom. The Labute approximate surface area is 164 Å². The van der Waals surface area contributed by atoms with Crippen LogP contribution >= 0.6 is 0 Å². The van der Waals surface area contributed by atoms with Crippen LogP contribution in [0.1, 0.15) is 24.7 Å². The summed E-state index contributed by atoms with van der Waals surface area (Å²) in [6, 6.07) is 5.69. The Morgan fingerprint density at radius 2 is 2.11 bits per heavy atom. The van der Waals surface area contributed by atoms with Crippen LogP contribution in [-0.4, -0.2) is 56.8 Å². The molecular weight excluding hydrogens is 361 g/mol. The van der Waals surface area contributed by atoms with E-state index in [4.69, 9.17) is 0 Å². The van der Waals surface area contributed by atoms with Crippen molar-refractivity contribution in [3.8, 4) is 0 Å². The van der Waals surface area contributed by atoms with Gasteiger partial charge in [0.2, 0.25) is 11.8 Å². The maximum Gasteiger partial charge on any atom is 0.237 e. The van der Waals surface area contributed by atoms with Crippen LogP contribution in [0.15, 0.2) is 36.7 Å². The van der Waals surface area contributed by atoms with Crippen molar-refractivity contribution in [2.24, 2.45) is 7.05 Å². The highest BCUT2D eigenvalue weighted by Gasteiger charge is 2.33. The molecule has 7 nitrogen and oxygen atoms in total. The summed E-state index contributed by atoms with van der Waals surface area (Å²) in [6.07, 6.45) is 3.64. The number of benzene rings is 1. The first-order valence-electron chi connectivity index (χ1n) is 9.48. The number of halogens is 1. The first kappa shape index (κ1) is 20.0. The molecule has 2 aromatic rings. The van der Waals surface area contributed by atoms with E-state index in [1.54, 1.807) is 23.2 Å². The molecule has 1 aliphatic rings. The summed E-state index contributed by atoms with van der Waals surface area (Å²) in [5, 5.41) is 2.85. The molecule has 0 aliphatic carbocycles. The van der Waals surface area contributed by atoms with Crippen molar-refractivity contribution in [3.63, 3.8) is 0 Å². The molecule has 1 fully saturated rings. The monoisotopic (exact) mass is 387 g/mol. The molecule has 1 aromatic carbocycles.